The highest BCUT2D eigenvalue weighted by Crippen LogP contribution is 2.33. The zero-order chi connectivity index (χ0) is 20.7. The van der Waals surface area contributed by atoms with Gasteiger partial charge < -0.3 is 25.0 Å². The molecule has 4 atom stereocenters. The van der Waals surface area contributed by atoms with Gasteiger partial charge >= 0.3 is 0 Å². The SMILES string of the molecule is COCC1OC(n2cnc3c(Nc4ccc(F)c(F)c4)nc(C)nc32)C(O)C1O. The molecule has 1 fully saturated rings. The molecule has 0 aliphatic carbocycles. The van der Waals surface area contributed by atoms with Crippen molar-refractivity contribution in [3.8, 4) is 0 Å². The van der Waals surface area contributed by atoms with Crippen molar-refractivity contribution in [3.05, 3.63) is 42.0 Å². The number of nitrogens with zero attached hydrogens (tertiary/aromatic N) is 4. The van der Waals surface area contributed by atoms with Crippen LogP contribution in [0.3, 0.4) is 0 Å². The van der Waals surface area contributed by atoms with Gasteiger partial charge in [0.2, 0.25) is 0 Å². The molecular weight excluding hydrogens is 388 g/mol. The fourth-order valence-corrected chi connectivity index (χ4v) is 3.27. The van der Waals surface area contributed by atoms with Crippen molar-refractivity contribution >= 4 is 22.7 Å². The Morgan fingerprint density at radius 2 is 2.00 bits per heavy atom. The van der Waals surface area contributed by atoms with Gasteiger partial charge in [-0.15, -0.1) is 0 Å². The molecule has 1 aliphatic rings. The van der Waals surface area contributed by atoms with Gasteiger partial charge in [0.05, 0.1) is 12.9 Å². The first-order valence-corrected chi connectivity index (χ1v) is 8.83. The van der Waals surface area contributed by atoms with E-state index in [1.807, 2.05) is 0 Å². The van der Waals surface area contributed by atoms with Crippen LogP contribution in [0, 0.1) is 18.6 Å². The molecule has 154 valence electrons. The first-order chi connectivity index (χ1) is 13.9. The molecule has 0 bridgehead atoms. The van der Waals surface area contributed by atoms with Gasteiger partial charge in [-0.05, 0) is 19.1 Å². The number of fused-ring (bicyclic) bond motifs is 1. The minimum Gasteiger partial charge on any atom is -0.387 e. The number of aliphatic hydroxyl groups is 2. The molecular formula is C18H19F2N5O4. The van der Waals surface area contributed by atoms with Crippen molar-refractivity contribution in [2.75, 3.05) is 19.0 Å². The fourth-order valence-electron chi connectivity index (χ4n) is 3.27. The van der Waals surface area contributed by atoms with Gasteiger partial charge in [-0.25, -0.2) is 23.7 Å². The molecule has 2 aromatic heterocycles. The molecule has 0 radical (unpaired) electrons. The summed E-state index contributed by atoms with van der Waals surface area (Å²) in [6.45, 7) is 1.76. The Morgan fingerprint density at radius 3 is 2.72 bits per heavy atom. The number of aliphatic hydroxyl groups excluding tert-OH is 2. The van der Waals surface area contributed by atoms with E-state index in [9.17, 15) is 19.0 Å². The minimum atomic E-state index is -1.22. The number of aromatic nitrogens is 4. The number of rotatable bonds is 5. The van der Waals surface area contributed by atoms with E-state index in [0.29, 0.717) is 17.0 Å². The third kappa shape index (κ3) is 3.53. The summed E-state index contributed by atoms with van der Waals surface area (Å²) < 4.78 is 38.9. The van der Waals surface area contributed by atoms with Crippen LogP contribution < -0.4 is 5.32 Å². The third-order valence-corrected chi connectivity index (χ3v) is 4.66. The Kier molecular flexibility index (Phi) is 5.13. The molecule has 3 heterocycles. The second-order valence-electron chi connectivity index (χ2n) is 6.70. The van der Waals surface area contributed by atoms with Gasteiger partial charge in [0, 0.05) is 18.9 Å². The van der Waals surface area contributed by atoms with Crippen LogP contribution in [-0.4, -0.2) is 61.8 Å². The lowest BCUT2D eigenvalue weighted by molar-refractivity contribution is -0.0580. The molecule has 0 amide bonds. The summed E-state index contributed by atoms with van der Waals surface area (Å²) >= 11 is 0. The summed E-state index contributed by atoms with van der Waals surface area (Å²) in [5.41, 5.74) is 0.961. The van der Waals surface area contributed by atoms with Gasteiger partial charge in [-0.1, -0.05) is 0 Å². The number of hydrogen-bond donors (Lipinski definition) is 3. The zero-order valence-corrected chi connectivity index (χ0v) is 15.6. The number of imidazole rings is 1. The number of hydrogen-bond acceptors (Lipinski definition) is 8. The van der Waals surface area contributed by atoms with Crippen LogP contribution in [0.4, 0.5) is 20.3 Å². The lowest BCUT2D eigenvalue weighted by atomic mass is 10.1. The summed E-state index contributed by atoms with van der Waals surface area (Å²) in [5.74, 6) is -1.30. The van der Waals surface area contributed by atoms with E-state index in [1.54, 1.807) is 6.92 Å². The van der Waals surface area contributed by atoms with E-state index < -0.39 is 36.2 Å². The minimum absolute atomic E-state index is 0.109. The number of ether oxygens (including phenoxy) is 2. The molecule has 1 aliphatic heterocycles. The maximum absolute atomic E-state index is 13.5. The molecule has 4 unspecified atom stereocenters. The summed E-state index contributed by atoms with van der Waals surface area (Å²) in [6.07, 6.45) is -2.59. The van der Waals surface area contributed by atoms with Crippen LogP contribution in [0.5, 0.6) is 0 Å². The molecule has 0 spiro atoms. The molecule has 9 nitrogen and oxygen atoms in total. The Morgan fingerprint density at radius 1 is 1.21 bits per heavy atom. The van der Waals surface area contributed by atoms with E-state index in [1.165, 1.54) is 24.1 Å². The standard InChI is InChI=1S/C18H19F2N5O4/c1-8-22-16(24-9-3-4-10(19)11(20)5-9)13-17(23-8)25(7-21-13)18-15(27)14(26)12(29-18)6-28-2/h3-5,7,12,14-15,18,26-27H,6H2,1-2H3,(H,22,23,24). The van der Waals surface area contributed by atoms with Gasteiger partial charge in [-0.3, -0.25) is 4.57 Å². The predicted octanol–water partition coefficient (Wildman–Crippen LogP) is 1.42. The Balaban J connectivity index is 1.71. The Hall–Kier alpha value is -2.73. The molecule has 0 saturated carbocycles. The van der Waals surface area contributed by atoms with Crippen LogP contribution >= 0.6 is 0 Å². The summed E-state index contributed by atoms with van der Waals surface area (Å²) in [7, 11) is 1.47. The van der Waals surface area contributed by atoms with E-state index >= 15 is 0 Å². The normalized spacial score (nSPS) is 24.3. The molecule has 4 rings (SSSR count). The topological polar surface area (TPSA) is 115 Å². The second kappa shape index (κ2) is 7.59. The van der Waals surface area contributed by atoms with Crippen molar-refractivity contribution in [2.45, 2.75) is 31.5 Å². The summed E-state index contributed by atoms with van der Waals surface area (Å²) in [5, 5.41) is 23.5. The number of nitrogens with one attached hydrogen (secondary N) is 1. The van der Waals surface area contributed by atoms with Crippen LogP contribution in [-0.2, 0) is 9.47 Å². The Bertz CT molecular complexity index is 1050. The van der Waals surface area contributed by atoms with Crippen molar-refractivity contribution < 1.29 is 28.5 Å². The van der Waals surface area contributed by atoms with Crippen molar-refractivity contribution in [2.24, 2.45) is 0 Å². The van der Waals surface area contributed by atoms with Crippen LogP contribution in [0.15, 0.2) is 24.5 Å². The number of benzene rings is 1. The first-order valence-electron chi connectivity index (χ1n) is 8.83. The van der Waals surface area contributed by atoms with Crippen LogP contribution in [0.25, 0.3) is 11.2 Å². The van der Waals surface area contributed by atoms with E-state index in [0.717, 1.165) is 12.1 Å². The fraction of sp³-hybridized carbons (Fsp3) is 0.389. The maximum atomic E-state index is 13.5. The average molecular weight is 407 g/mol. The summed E-state index contributed by atoms with van der Waals surface area (Å²) in [6, 6.07) is 3.38. The molecule has 11 heteroatoms. The van der Waals surface area contributed by atoms with Crippen LogP contribution in [0.2, 0.25) is 0 Å². The molecule has 29 heavy (non-hydrogen) atoms. The molecule has 3 N–H and O–H groups in total. The average Bonchev–Trinajstić information content (AvgIpc) is 3.21. The monoisotopic (exact) mass is 407 g/mol. The van der Waals surface area contributed by atoms with Gasteiger partial charge in [0.25, 0.3) is 0 Å². The number of anilines is 2. The third-order valence-electron chi connectivity index (χ3n) is 4.66. The number of halogens is 2. The van der Waals surface area contributed by atoms with Crippen molar-refractivity contribution in [1.82, 2.24) is 19.5 Å². The van der Waals surface area contributed by atoms with E-state index in [2.05, 4.69) is 20.3 Å². The molecule has 1 saturated heterocycles. The second-order valence-corrected chi connectivity index (χ2v) is 6.70. The van der Waals surface area contributed by atoms with Crippen molar-refractivity contribution in [3.63, 3.8) is 0 Å². The van der Waals surface area contributed by atoms with Gasteiger partial charge in [0.15, 0.2) is 34.8 Å². The van der Waals surface area contributed by atoms with Gasteiger partial charge in [0.1, 0.15) is 24.1 Å². The van der Waals surface area contributed by atoms with Gasteiger partial charge in [-0.2, -0.15) is 0 Å². The number of methoxy groups -OCH3 is 1. The van der Waals surface area contributed by atoms with Crippen LogP contribution in [0.1, 0.15) is 12.1 Å². The Labute approximate surface area is 163 Å². The smallest absolute Gasteiger partial charge is 0.167 e. The lowest BCUT2D eigenvalue weighted by Gasteiger charge is -2.17. The van der Waals surface area contributed by atoms with E-state index in [-0.39, 0.29) is 18.1 Å². The largest absolute Gasteiger partial charge is 0.387 e. The highest BCUT2D eigenvalue weighted by Gasteiger charge is 2.44. The highest BCUT2D eigenvalue weighted by atomic mass is 19.2. The molecule has 1 aromatic carbocycles. The zero-order valence-electron chi connectivity index (χ0n) is 15.6. The highest BCUT2D eigenvalue weighted by molar-refractivity contribution is 5.85. The predicted molar refractivity (Wildman–Crippen MR) is 97.5 cm³/mol. The summed E-state index contributed by atoms with van der Waals surface area (Å²) in [4.78, 5) is 12.9. The maximum Gasteiger partial charge on any atom is 0.167 e. The number of aryl methyl sites for hydroxylation is 1. The quantitative estimate of drug-likeness (QED) is 0.582. The first kappa shape index (κ1) is 19.6. The van der Waals surface area contributed by atoms with E-state index in [4.69, 9.17) is 9.47 Å². The molecule has 3 aromatic rings. The van der Waals surface area contributed by atoms with Crippen molar-refractivity contribution in [1.29, 1.82) is 0 Å². The lowest BCUT2D eigenvalue weighted by Crippen LogP contribution is -2.33.